The molecule has 0 spiro atoms. The summed E-state index contributed by atoms with van der Waals surface area (Å²) in [7, 11) is 0. The van der Waals surface area contributed by atoms with E-state index in [0.29, 0.717) is 19.2 Å². The number of aliphatic hydroxyl groups is 1. The molecule has 3 N–H and O–H groups in total. The SMILES string of the molecule is Cc1cc2c(Nc3cc(CO)ccc3C)nc(N3CCOCC3)nc2[nH]1. The van der Waals surface area contributed by atoms with E-state index < -0.39 is 0 Å². The number of aliphatic hydroxyl groups excluding tert-OH is 1. The van der Waals surface area contributed by atoms with E-state index in [1.165, 1.54) is 0 Å². The first-order valence-electron chi connectivity index (χ1n) is 8.81. The van der Waals surface area contributed by atoms with Crippen molar-refractivity contribution < 1.29 is 9.84 Å². The summed E-state index contributed by atoms with van der Waals surface area (Å²) < 4.78 is 5.44. The van der Waals surface area contributed by atoms with Crippen LogP contribution in [0.5, 0.6) is 0 Å². The number of rotatable bonds is 4. The number of nitrogens with zero attached hydrogens (tertiary/aromatic N) is 3. The normalized spacial score (nSPS) is 14.8. The van der Waals surface area contributed by atoms with Crippen LogP contribution in [0.2, 0.25) is 0 Å². The van der Waals surface area contributed by atoms with Gasteiger partial charge in [0.25, 0.3) is 0 Å². The van der Waals surface area contributed by atoms with Crippen LogP contribution in [0.25, 0.3) is 11.0 Å². The molecule has 2 aromatic heterocycles. The molecule has 3 aromatic rings. The lowest BCUT2D eigenvalue weighted by Gasteiger charge is -2.27. The molecule has 0 aliphatic carbocycles. The number of aromatic amines is 1. The molecule has 3 heterocycles. The van der Waals surface area contributed by atoms with Crippen LogP contribution >= 0.6 is 0 Å². The first kappa shape index (κ1) is 16.8. The summed E-state index contributed by atoms with van der Waals surface area (Å²) in [4.78, 5) is 14.9. The van der Waals surface area contributed by atoms with Crippen molar-refractivity contribution in [1.82, 2.24) is 15.0 Å². The summed E-state index contributed by atoms with van der Waals surface area (Å²) in [6.45, 7) is 6.99. The van der Waals surface area contributed by atoms with Crippen molar-refractivity contribution in [3.8, 4) is 0 Å². The van der Waals surface area contributed by atoms with Gasteiger partial charge >= 0.3 is 0 Å². The van der Waals surface area contributed by atoms with Crippen molar-refractivity contribution in [1.29, 1.82) is 0 Å². The third-order valence-corrected chi connectivity index (χ3v) is 4.64. The molecule has 1 fully saturated rings. The highest BCUT2D eigenvalue weighted by Gasteiger charge is 2.18. The zero-order valence-corrected chi connectivity index (χ0v) is 15.0. The molecule has 4 rings (SSSR count). The number of aromatic nitrogens is 3. The number of nitrogens with one attached hydrogen (secondary N) is 2. The van der Waals surface area contributed by atoms with Crippen molar-refractivity contribution in [2.75, 3.05) is 36.5 Å². The maximum absolute atomic E-state index is 9.43. The lowest BCUT2D eigenvalue weighted by molar-refractivity contribution is 0.122. The Morgan fingerprint density at radius 1 is 1.19 bits per heavy atom. The number of H-pyrrole nitrogens is 1. The molecular weight excluding hydrogens is 330 g/mol. The lowest BCUT2D eigenvalue weighted by Crippen LogP contribution is -2.37. The summed E-state index contributed by atoms with van der Waals surface area (Å²) >= 11 is 0. The van der Waals surface area contributed by atoms with E-state index in [1.807, 2.05) is 38.1 Å². The van der Waals surface area contributed by atoms with Crippen molar-refractivity contribution >= 4 is 28.5 Å². The fourth-order valence-corrected chi connectivity index (χ4v) is 3.16. The van der Waals surface area contributed by atoms with E-state index in [1.54, 1.807) is 0 Å². The van der Waals surface area contributed by atoms with Gasteiger partial charge in [-0.2, -0.15) is 9.97 Å². The number of anilines is 3. The van der Waals surface area contributed by atoms with E-state index in [0.717, 1.165) is 52.4 Å². The quantitative estimate of drug-likeness (QED) is 0.668. The van der Waals surface area contributed by atoms with E-state index in [9.17, 15) is 5.11 Å². The molecule has 1 aliphatic heterocycles. The van der Waals surface area contributed by atoms with Crippen molar-refractivity contribution in [3.05, 3.63) is 41.1 Å². The Labute approximate surface area is 152 Å². The van der Waals surface area contributed by atoms with Gasteiger partial charge in [0.15, 0.2) is 0 Å². The van der Waals surface area contributed by atoms with Gasteiger partial charge in [0.2, 0.25) is 5.95 Å². The Kier molecular flexibility index (Phi) is 4.48. The molecule has 0 unspecified atom stereocenters. The second kappa shape index (κ2) is 6.93. The number of hydrogen-bond donors (Lipinski definition) is 3. The highest BCUT2D eigenvalue weighted by atomic mass is 16.5. The Morgan fingerprint density at radius 3 is 2.77 bits per heavy atom. The van der Waals surface area contributed by atoms with Gasteiger partial charge in [-0.1, -0.05) is 12.1 Å². The van der Waals surface area contributed by atoms with Crippen LogP contribution in [0.15, 0.2) is 24.3 Å². The standard InChI is InChI=1S/C19H23N5O2/c1-12-3-4-14(11-25)10-16(12)21-18-15-9-13(2)20-17(15)22-19(23-18)24-5-7-26-8-6-24/h3-4,9-10,25H,5-8,11H2,1-2H3,(H2,20,21,22,23). The topological polar surface area (TPSA) is 86.3 Å². The fourth-order valence-electron chi connectivity index (χ4n) is 3.16. The van der Waals surface area contributed by atoms with Gasteiger partial charge in [0.1, 0.15) is 11.5 Å². The first-order chi connectivity index (χ1) is 12.6. The third-order valence-electron chi connectivity index (χ3n) is 4.64. The maximum atomic E-state index is 9.43. The Morgan fingerprint density at radius 2 is 2.00 bits per heavy atom. The monoisotopic (exact) mass is 353 g/mol. The largest absolute Gasteiger partial charge is 0.392 e. The second-order valence-corrected chi connectivity index (χ2v) is 6.62. The van der Waals surface area contributed by atoms with E-state index in [4.69, 9.17) is 14.7 Å². The van der Waals surface area contributed by atoms with Crippen molar-refractivity contribution in [3.63, 3.8) is 0 Å². The van der Waals surface area contributed by atoms with Gasteiger partial charge in [0, 0.05) is 24.5 Å². The van der Waals surface area contributed by atoms with Gasteiger partial charge in [-0.15, -0.1) is 0 Å². The minimum atomic E-state index is 0.0104. The summed E-state index contributed by atoms with van der Waals surface area (Å²) in [6, 6.07) is 7.93. The number of fused-ring (bicyclic) bond motifs is 1. The van der Waals surface area contributed by atoms with E-state index in [2.05, 4.69) is 15.2 Å². The van der Waals surface area contributed by atoms with Crippen LogP contribution in [0.4, 0.5) is 17.5 Å². The smallest absolute Gasteiger partial charge is 0.229 e. The molecular formula is C19H23N5O2. The molecule has 0 radical (unpaired) electrons. The predicted octanol–water partition coefficient (Wildman–Crippen LogP) is 2.65. The van der Waals surface area contributed by atoms with Crippen LogP contribution in [0.3, 0.4) is 0 Å². The van der Waals surface area contributed by atoms with Gasteiger partial charge in [-0.3, -0.25) is 0 Å². The molecule has 7 nitrogen and oxygen atoms in total. The molecule has 1 saturated heterocycles. The molecule has 26 heavy (non-hydrogen) atoms. The zero-order valence-electron chi connectivity index (χ0n) is 15.0. The van der Waals surface area contributed by atoms with Crippen LogP contribution in [0, 0.1) is 13.8 Å². The number of ether oxygens (including phenoxy) is 1. The second-order valence-electron chi connectivity index (χ2n) is 6.62. The molecule has 0 atom stereocenters. The zero-order chi connectivity index (χ0) is 18.1. The van der Waals surface area contributed by atoms with Gasteiger partial charge < -0.3 is 25.0 Å². The lowest BCUT2D eigenvalue weighted by atomic mass is 10.1. The van der Waals surface area contributed by atoms with Crippen molar-refractivity contribution in [2.24, 2.45) is 0 Å². The average molecular weight is 353 g/mol. The summed E-state index contributed by atoms with van der Waals surface area (Å²) in [5.74, 6) is 1.46. The first-order valence-corrected chi connectivity index (χ1v) is 8.81. The average Bonchev–Trinajstić information content (AvgIpc) is 3.04. The number of hydrogen-bond acceptors (Lipinski definition) is 6. The summed E-state index contributed by atoms with van der Waals surface area (Å²) in [6.07, 6.45) is 0. The minimum Gasteiger partial charge on any atom is -0.392 e. The minimum absolute atomic E-state index is 0.0104. The predicted molar refractivity (Wildman–Crippen MR) is 102 cm³/mol. The third kappa shape index (κ3) is 3.23. The Balaban J connectivity index is 1.77. The maximum Gasteiger partial charge on any atom is 0.229 e. The number of aryl methyl sites for hydroxylation is 2. The number of benzene rings is 1. The van der Waals surface area contributed by atoms with Gasteiger partial charge in [0.05, 0.1) is 25.2 Å². The fraction of sp³-hybridized carbons (Fsp3) is 0.368. The van der Waals surface area contributed by atoms with Crippen molar-refractivity contribution in [2.45, 2.75) is 20.5 Å². The molecule has 1 aromatic carbocycles. The molecule has 1 aliphatic rings. The van der Waals surface area contributed by atoms with Crippen LogP contribution in [-0.2, 0) is 11.3 Å². The summed E-state index contributed by atoms with van der Waals surface area (Å²) in [5.41, 5.74) is 4.74. The molecule has 136 valence electrons. The molecule has 0 amide bonds. The Bertz CT molecular complexity index is 931. The number of morpholine rings is 1. The molecule has 7 heteroatoms. The Hall–Kier alpha value is -2.64. The molecule has 0 saturated carbocycles. The highest BCUT2D eigenvalue weighted by Crippen LogP contribution is 2.29. The van der Waals surface area contributed by atoms with Gasteiger partial charge in [-0.25, -0.2) is 0 Å². The van der Waals surface area contributed by atoms with Crippen LogP contribution < -0.4 is 10.2 Å². The van der Waals surface area contributed by atoms with E-state index in [-0.39, 0.29) is 6.61 Å². The van der Waals surface area contributed by atoms with Gasteiger partial charge in [-0.05, 0) is 37.1 Å². The van der Waals surface area contributed by atoms with E-state index >= 15 is 0 Å². The van der Waals surface area contributed by atoms with Crippen LogP contribution in [0.1, 0.15) is 16.8 Å². The molecule has 0 bridgehead atoms. The highest BCUT2D eigenvalue weighted by molar-refractivity contribution is 5.91. The van der Waals surface area contributed by atoms with Crippen LogP contribution in [-0.4, -0.2) is 46.4 Å². The summed E-state index contributed by atoms with van der Waals surface area (Å²) in [5, 5.41) is 13.8.